The van der Waals surface area contributed by atoms with Gasteiger partial charge in [-0.05, 0) is 51.0 Å². The zero-order chi connectivity index (χ0) is 20.5. The number of rotatable bonds is 4. The van der Waals surface area contributed by atoms with Gasteiger partial charge in [-0.1, -0.05) is 35.6 Å². The number of hydrogen-bond acceptors (Lipinski definition) is 5. The predicted molar refractivity (Wildman–Crippen MR) is 120 cm³/mol. The number of amides is 2. The summed E-state index contributed by atoms with van der Waals surface area (Å²) in [4.78, 5) is 28.7. The van der Waals surface area contributed by atoms with Crippen LogP contribution in [0.25, 0.3) is 21.0 Å². The third kappa shape index (κ3) is 3.81. The summed E-state index contributed by atoms with van der Waals surface area (Å²) < 4.78 is 7.08. The van der Waals surface area contributed by atoms with Crippen molar-refractivity contribution < 1.29 is 14.3 Å². The monoisotopic (exact) mass is 469 g/mol. The van der Waals surface area contributed by atoms with Crippen LogP contribution in [0.4, 0.5) is 10.8 Å². The van der Waals surface area contributed by atoms with Crippen molar-refractivity contribution in [2.24, 2.45) is 0 Å². The molecule has 0 radical (unpaired) electrons. The van der Waals surface area contributed by atoms with E-state index in [4.69, 9.17) is 4.74 Å². The first-order chi connectivity index (χ1) is 14.0. The fourth-order valence-corrected chi connectivity index (χ4v) is 4.71. The molecule has 0 saturated carbocycles. The molecule has 0 spiro atoms. The van der Waals surface area contributed by atoms with Crippen LogP contribution in [0.1, 0.15) is 17.3 Å². The second-order valence-electron chi connectivity index (χ2n) is 6.33. The second-order valence-corrected chi connectivity index (χ2v) is 8.15. The summed E-state index contributed by atoms with van der Waals surface area (Å²) in [5.74, 6) is 0.0149. The van der Waals surface area contributed by atoms with Crippen molar-refractivity contribution in [1.29, 1.82) is 0 Å². The highest BCUT2D eigenvalue weighted by atomic mass is 79.9. The zero-order valence-corrected chi connectivity index (χ0v) is 18.0. The molecule has 1 heterocycles. The molecule has 8 heteroatoms. The van der Waals surface area contributed by atoms with Crippen LogP contribution in [0.15, 0.2) is 53.0 Å². The van der Waals surface area contributed by atoms with E-state index in [0.717, 1.165) is 25.5 Å². The molecule has 0 aliphatic heterocycles. The van der Waals surface area contributed by atoms with Gasteiger partial charge in [0.1, 0.15) is 5.75 Å². The Labute approximate surface area is 179 Å². The van der Waals surface area contributed by atoms with Gasteiger partial charge < -0.3 is 10.1 Å². The van der Waals surface area contributed by atoms with Crippen LogP contribution in [-0.4, -0.2) is 23.9 Å². The number of carbonyl (C=O) groups is 2. The van der Waals surface area contributed by atoms with E-state index in [1.807, 2.05) is 30.3 Å². The van der Waals surface area contributed by atoms with Gasteiger partial charge in [0.05, 0.1) is 27.4 Å². The zero-order valence-electron chi connectivity index (χ0n) is 15.6. The number of methoxy groups -OCH3 is 1. The number of nitrogens with one attached hydrogen (secondary N) is 2. The summed E-state index contributed by atoms with van der Waals surface area (Å²) in [6, 6.07) is 15.0. The smallest absolute Gasteiger partial charge is 0.261 e. The van der Waals surface area contributed by atoms with Crippen molar-refractivity contribution in [3.8, 4) is 5.75 Å². The number of carbonyl (C=O) groups excluding carboxylic acids is 2. The lowest BCUT2D eigenvalue weighted by Crippen LogP contribution is -2.13. The molecule has 1 aromatic heterocycles. The Morgan fingerprint density at radius 2 is 1.90 bits per heavy atom. The number of benzene rings is 3. The fourth-order valence-electron chi connectivity index (χ4n) is 3.08. The van der Waals surface area contributed by atoms with Crippen molar-refractivity contribution in [1.82, 2.24) is 4.98 Å². The van der Waals surface area contributed by atoms with Crippen molar-refractivity contribution >= 4 is 70.9 Å². The van der Waals surface area contributed by atoms with Crippen LogP contribution >= 0.6 is 27.3 Å². The molecule has 2 amide bonds. The highest BCUT2D eigenvalue weighted by molar-refractivity contribution is 9.10. The molecule has 2 N–H and O–H groups in total. The molecular weight excluding hydrogens is 454 g/mol. The first-order valence-corrected chi connectivity index (χ1v) is 10.3. The van der Waals surface area contributed by atoms with Crippen LogP contribution in [0.3, 0.4) is 0 Å². The number of nitrogens with zero attached hydrogens (tertiary/aromatic N) is 1. The Hall–Kier alpha value is -2.97. The third-order valence-electron chi connectivity index (χ3n) is 4.32. The Bertz CT molecular complexity index is 1270. The predicted octanol–water partition coefficient (Wildman–Crippen LogP) is 5.43. The van der Waals surface area contributed by atoms with Gasteiger partial charge in [-0.25, -0.2) is 4.98 Å². The van der Waals surface area contributed by atoms with Gasteiger partial charge in [-0.2, -0.15) is 0 Å². The number of aromatic nitrogens is 1. The average molecular weight is 470 g/mol. The lowest BCUT2D eigenvalue weighted by Gasteiger charge is -2.12. The maximum absolute atomic E-state index is 13.0. The van der Waals surface area contributed by atoms with Crippen LogP contribution in [0, 0.1) is 0 Å². The molecule has 0 aliphatic rings. The summed E-state index contributed by atoms with van der Waals surface area (Å²) in [5, 5.41) is 7.96. The van der Waals surface area contributed by atoms with Gasteiger partial charge in [-0.3, -0.25) is 14.9 Å². The van der Waals surface area contributed by atoms with E-state index in [0.29, 0.717) is 22.1 Å². The number of ether oxygens (including phenoxy) is 1. The molecule has 0 bridgehead atoms. The summed E-state index contributed by atoms with van der Waals surface area (Å²) in [6.07, 6.45) is 0. The highest BCUT2D eigenvalue weighted by Crippen LogP contribution is 2.37. The minimum atomic E-state index is -0.311. The molecular formula is C21H16BrN3O3S. The lowest BCUT2D eigenvalue weighted by molar-refractivity contribution is -0.114. The van der Waals surface area contributed by atoms with Crippen LogP contribution in [-0.2, 0) is 4.79 Å². The summed E-state index contributed by atoms with van der Waals surface area (Å²) in [5.41, 5.74) is 1.84. The lowest BCUT2D eigenvalue weighted by atomic mass is 10.1. The molecule has 146 valence electrons. The van der Waals surface area contributed by atoms with E-state index >= 15 is 0 Å². The fraction of sp³-hybridized carbons (Fsp3) is 0.0952. The molecule has 6 nitrogen and oxygen atoms in total. The standard InChI is InChI=1S/C21H16BrN3O3S/c1-11(26)23-13-7-8-16-17(10-13)29-21(24-16)25-20(27)15-9-12-5-3-4-6-14(12)18(22)19(15)28-2/h3-10H,1-2H3,(H,23,26)(H,24,25,27). The van der Waals surface area contributed by atoms with E-state index in [1.165, 1.54) is 25.4 Å². The highest BCUT2D eigenvalue weighted by Gasteiger charge is 2.19. The van der Waals surface area contributed by atoms with Gasteiger partial charge in [-0.15, -0.1) is 0 Å². The van der Waals surface area contributed by atoms with Crippen molar-refractivity contribution in [2.45, 2.75) is 6.92 Å². The summed E-state index contributed by atoms with van der Waals surface area (Å²) >= 11 is 4.89. The van der Waals surface area contributed by atoms with Crippen LogP contribution in [0.5, 0.6) is 5.75 Å². The topological polar surface area (TPSA) is 80.3 Å². The number of fused-ring (bicyclic) bond motifs is 2. The van der Waals surface area contributed by atoms with Gasteiger partial charge >= 0.3 is 0 Å². The van der Waals surface area contributed by atoms with Gasteiger partial charge in [0.2, 0.25) is 5.91 Å². The molecule has 0 saturated heterocycles. The maximum atomic E-state index is 13.0. The Morgan fingerprint density at radius 3 is 2.66 bits per heavy atom. The molecule has 29 heavy (non-hydrogen) atoms. The third-order valence-corrected chi connectivity index (χ3v) is 6.04. The van der Waals surface area contributed by atoms with Gasteiger partial charge in [0.15, 0.2) is 5.13 Å². The second kappa shape index (κ2) is 7.81. The van der Waals surface area contributed by atoms with E-state index in [1.54, 1.807) is 18.2 Å². The maximum Gasteiger partial charge on any atom is 0.261 e. The Kier molecular flexibility index (Phi) is 5.21. The molecule has 4 aromatic rings. The summed E-state index contributed by atoms with van der Waals surface area (Å²) in [7, 11) is 1.53. The number of hydrogen-bond donors (Lipinski definition) is 2. The van der Waals surface area contributed by atoms with Crippen molar-refractivity contribution in [3.05, 3.63) is 58.6 Å². The van der Waals surface area contributed by atoms with E-state index in [9.17, 15) is 9.59 Å². The molecule has 0 atom stereocenters. The Morgan fingerprint density at radius 1 is 1.10 bits per heavy atom. The summed E-state index contributed by atoms with van der Waals surface area (Å²) in [6.45, 7) is 1.46. The van der Waals surface area contributed by atoms with Crippen LogP contribution in [0.2, 0.25) is 0 Å². The van der Waals surface area contributed by atoms with Crippen LogP contribution < -0.4 is 15.4 Å². The van der Waals surface area contributed by atoms with E-state index in [-0.39, 0.29) is 11.8 Å². The molecule has 0 unspecified atom stereocenters. The first kappa shape index (κ1) is 19.4. The van der Waals surface area contributed by atoms with E-state index in [2.05, 4.69) is 31.5 Å². The minimum Gasteiger partial charge on any atom is -0.495 e. The minimum absolute atomic E-state index is 0.142. The quantitative estimate of drug-likeness (QED) is 0.417. The largest absolute Gasteiger partial charge is 0.495 e. The number of thiazole rings is 1. The number of anilines is 2. The molecule has 0 aliphatic carbocycles. The normalized spacial score (nSPS) is 10.9. The van der Waals surface area contributed by atoms with Gasteiger partial charge in [0.25, 0.3) is 5.91 Å². The molecule has 3 aromatic carbocycles. The number of halogens is 1. The Balaban J connectivity index is 1.68. The van der Waals surface area contributed by atoms with Gasteiger partial charge in [0, 0.05) is 12.6 Å². The van der Waals surface area contributed by atoms with Crippen molar-refractivity contribution in [2.75, 3.05) is 17.7 Å². The average Bonchev–Trinajstić information content (AvgIpc) is 3.08. The van der Waals surface area contributed by atoms with Crippen molar-refractivity contribution in [3.63, 3.8) is 0 Å². The molecule has 0 fully saturated rings. The van der Waals surface area contributed by atoms with E-state index < -0.39 is 0 Å². The SMILES string of the molecule is COc1c(C(=O)Nc2nc3ccc(NC(C)=O)cc3s2)cc2ccccc2c1Br. The molecule has 4 rings (SSSR count). The first-order valence-electron chi connectivity index (χ1n) is 8.71.